The highest BCUT2D eigenvalue weighted by Gasteiger charge is 2.20. The van der Waals surface area contributed by atoms with Gasteiger partial charge in [-0.25, -0.2) is 0 Å². The summed E-state index contributed by atoms with van der Waals surface area (Å²) in [6.07, 6.45) is 2.98. The molecule has 0 aliphatic carbocycles. The van der Waals surface area contributed by atoms with Crippen molar-refractivity contribution in [1.29, 1.82) is 0 Å². The molecule has 0 radical (unpaired) electrons. The molecule has 0 amide bonds. The van der Waals surface area contributed by atoms with Crippen molar-refractivity contribution in [2.75, 3.05) is 13.1 Å². The maximum Gasteiger partial charge on any atom is 0.303 e. The van der Waals surface area contributed by atoms with Gasteiger partial charge in [0.05, 0.1) is 0 Å². The van der Waals surface area contributed by atoms with E-state index in [1.807, 2.05) is 0 Å². The Kier molecular flexibility index (Phi) is 4.18. The van der Waals surface area contributed by atoms with E-state index in [0.717, 1.165) is 25.9 Å². The minimum Gasteiger partial charge on any atom is -0.481 e. The molecule has 1 atom stereocenters. The van der Waals surface area contributed by atoms with Gasteiger partial charge in [0.15, 0.2) is 0 Å². The molecule has 4 heteroatoms. The van der Waals surface area contributed by atoms with Crippen LogP contribution >= 0.6 is 0 Å². The zero-order valence-corrected chi connectivity index (χ0v) is 7.83. The highest BCUT2D eigenvalue weighted by molar-refractivity contribution is 5.66. The van der Waals surface area contributed by atoms with E-state index >= 15 is 0 Å². The van der Waals surface area contributed by atoms with Gasteiger partial charge in [-0.2, -0.15) is 0 Å². The standard InChI is InChI=1S/C9H18N2O2/c10-8(1-2-9(12)13)7-3-5-11-6-4-7/h7-8,11H,1-6,10H2,(H,12,13). The Hall–Kier alpha value is -0.610. The molecule has 0 aromatic rings. The van der Waals surface area contributed by atoms with Gasteiger partial charge in [0.25, 0.3) is 0 Å². The first-order valence-corrected chi connectivity index (χ1v) is 4.88. The Bertz CT molecular complexity index is 167. The summed E-state index contributed by atoms with van der Waals surface area (Å²) < 4.78 is 0. The van der Waals surface area contributed by atoms with Gasteiger partial charge in [-0.15, -0.1) is 0 Å². The van der Waals surface area contributed by atoms with Crippen LogP contribution in [0.2, 0.25) is 0 Å². The van der Waals surface area contributed by atoms with Gasteiger partial charge in [0.1, 0.15) is 0 Å². The Morgan fingerprint density at radius 1 is 1.54 bits per heavy atom. The summed E-state index contributed by atoms with van der Waals surface area (Å²) in [5, 5.41) is 11.8. The lowest BCUT2D eigenvalue weighted by Gasteiger charge is -2.27. The molecular formula is C9H18N2O2. The number of nitrogens with two attached hydrogens (primary N) is 1. The fourth-order valence-electron chi connectivity index (χ4n) is 1.80. The molecule has 1 aliphatic heterocycles. The van der Waals surface area contributed by atoms with Crippen LogP contribution in [0.3, 0.4) is 0 Å². The number of hydrogen-bond donors (Lipinski definition) is 3. The molecule has 0 aromatic heterocycles. The van der Waals surface area contributed by atoms with Crippen molar-refractivity contribution >= 4 is 5.97 Å². The van der Waals surface area contributed by atoms with Crippen LogP contribution in [0.15, 0.2) is 0 Å². The predicted molar refractivity (Wildman–Crippen MR) is 50.4 cm³/mol. The van der Waals surface area contributed by atoms with Gasteiger partial charge in [0, 0.05) is 12.5 Å². The molecule has 4 N–H and O–H groups in total. The third-order valence-corrected chi connectivity index (χ3v) is 2.68. The van der Waals surface area contributed by atoms with Crippen molar-refractivity contribution in [3.63, 3.8) is 0 Å². The quantitative estimate of drug-likeness (QED) is 0.585. The number of hydrogen-bond acceptors (Lipinski definition) is 3. The number of nitrogens with one attached hydrogen (secondary N) is 1. The van der Waals surface area contributed by atoms with Gasteiger partial charge in [-0.3, -0.25) is 4.79 Å². The number of carbonyl (C=O) groups is 1. The maximum absolute atomic E-state index is 10.3. The van der Waals surface area contributed by atoms with E-state index < -0.39 is 5.97 Å². The molecule has 1 saturated heterocycles. The Labute approximate surface area is 78.5 Å². The van der Waals surface area contributed by atoms with Crippen LogP contribution in [0.25, 0.3) is 0 Å². The topological polar surface area (TPSA) is 75.4 Å². The van der Waals surface area contributed by atoms with Crippen LogP contribution < -0.4 is 11.1 Å². The third kappa shape index (κ3) is 3.74. The Morgan fingerprint density at radius 3 is 2.69 bits per heavy atom. The predicted octanol–water partition coefficient (Wildman–Crippen LogP) is 0.178. The lowest BCUT2D eigenvalue weighted by atomic mass is 9.88. The average Bonchev–Trinajstić information content (AvgIpc) is 2.15. The first-order valence-electron chi connectivity index (χ1n) is 4.88. The van der Waals surface area contributed by atoms with Gasteiger partial charge in [0.2, 0.25) is 0 Å². The molecule has 1 unspecified atom stereocenters. The van der Waals surface area contributed by atoms with E-state index in [0.29, 0.717) is 12.3 Å². The normalized spacial score (nSPS) is 21.3. The van der Waals surface area contributed by atoms with Crippen molar-refractivity contribution in [2.24, 2.45) is 11.7 Å². The van der Waals surface area contributed by atoms with E-state index in [4.69, 9.17) is 10.8 Å². The lowest BCUT2D eigenvalue weighted by Crippen LogP contribution is -2.38. The van der Waals surface area contributed by atoms with Gasteiger partial charge in [-0.05, 0) is 38.3 Å². The number of carboxylic acids is 1. The monoisotopic (exact) mass is 186 g/mol. The smallest absolute Gasteiger partial charge is 0.303 e. The summed E-state index contributed by atoms with van der Waals surface area (Å²) in [5.41, 5.74) is 5.91. The number of aliphatic carboxylic acids is 1. The highest BCUT2D eigenvalue weighted by atomic mass is 16.4. The van der Waals surface area contributed by atoms with Crippen LogP contribution in [0.4, 0.5) is 0 Å². The van der Waals surface area contributed by atoms with E-state index in [-0.39, 0.29) is 12.5 Å². The molecule has 0 bridgehead atoms. The lowest BCUT2D eigenvalue weighted by molar-refractivity contribution is -0.137. The van der Waals surface area contributed by atoms with Crippen molar-refractivity contribution in [2.45, 2.75) is 31.7 Å². The molecule has 1 fully saturated rings. The molecular weight excluding hydrogens is 168 g/mol. The summed E-state index contributed by atoms with van der Waals surface area (Å²) in [6, 6.07) is 0.0678. The van der Waals surface area contributed by atoms with Crippen molar-refractivity contribution in [3.8, 4) is 0 Å². The Morgan fingerprint density at radius 2 is 2.15 bits per heavy atom. The summed E-state index contributed by atoms with van der Waals surface area (Å²) >= 11 is 0. The SMILES string of the molecule is NC(CCC(=O)O)C1CCNCC1. The molecule has 0 spiro atoms. The molecule has 1 heterocycles. The Balaban J connectivity index is 2.20. The third-order valence-electron chi connectivity index (χ3n) is 2.68. The number of piperidine rings is 1. The zero-order valence-electron chi connectivity index (χ0n) is 7.83. The molecule has 1 rings (SSSR count). The van der Waals surface area contributed by atoms with Crippen molar-refractivity contribution in [1.82, 2.24) is 5.32 Å². The minimum atomic E-state index is -0.746. The summed E-state index contributed by atoms with van der Waals surface area (Å²) in [7, 11) is 0. The van der Waals surface area contributed by atoms with E-state index in [2.05, 4.69) is 5.32 Å². The van der Waals surface area contributed by atoms with Crippen LogP contribution in [0.1, 0.15) is 25.7 Å². The van der Waals surface area contributed by atoms with Crippen LogP contribution in [0.5, 0.6) is 0 Å². The highest BCUT2D eigenvalue weighted by Crippen LogP contribution is 2.17. The maximum atomic E-state index is 10.3. The van der Waals surface area contributed by atoms with Crippen LogP contribution in [-0.4, -0.2) is 30.2 Å². The zero-order chi connectivity index (χ0) is 9.68. The molecule has 1 aliphatic rings. The van der Waals surface area contributed by atoms with Gasteiger partial charge in [-0.1, -0.05) is 0 Å². The molecule has 4 nitrogen and oxygen atoms in total. The van der Waals surface area contributed by atoms with E-state index in [1.165, 1.54) is 0 Å². The summed E-state index contributed by atoms with van der Waals surface area (Å²) in [4.78, 5) is 10.3. The second-order valence-corrected chi connectivity index (χ2v) is 3.68. The van der Waals surface area contributed by atoms with Crippen molar-refractivity contribution in [3.05, 3.63) is 0 Å². The van der Waals surface area contributed by atoms with Gasteiger partial charge >= 0.3 is 5.97 Å². The first kappa shape index (κ1) is 10.5. The fourth-order valence-corrected chi connectivity index (χ4v) is 1.80. The van der Waals surface area contributed by atoms with Crippen molar-refractivity contribution < 1.29 is 9.90 Å². The van der Waals surface area contributed by atoms with Crippen LogP contribution in [0, 0.1) is 5.92 Å². The summed E-state index contributed by atoms with van der Waals surface area (Å²) in [5.74, 6) is -0.231. The molecule has 76 valence electrons. The van der Waals surface area contributed by atoms with Crippen LogP contribution in [-0.2, 0) is 4.79 Å². The fraction of sp³-hybridized carbons (Fsp3) is 0.889. The largest absolute Gasteiger partial charge is 0.481 e. The molecule has 0 aromatic carbocycles. The second kappa shape index (κ2) is 5.19. The average molecular weight is 186 g/mol. The number of rotatable bonds is 4. The second-order valence-electron chi connectivity index (χ2n) is 3.68. The molecule has 0 saturated carbocycles. The summed E-state index contributed by atoms with van der Waals surface area (Å²) in [6.45, 7) is 2.04. The van der Waals surface area contributed by atoms with E-state index in [1.54, 1.807) is 0 Å². The minimum absolute atomic E-state index is 0.0678. The molecule has 13 heavy (non-hydrogen) atoms. The van der Waals surface area contributed by atoms with Gasteiger partial charge < -0.3 is 16.2 Å². The van der Waals surface area contributed by atoms with E-state index in [9.17, 15) is 4.79 Å². The number of carboxylic acid groups (broad SMARTS) is 1. The first-order chi connectivity index (χ1) is 6.20.